The standard InChI is InChI=1S/C23H25ClN2O5/c1-15-3-8-18(31-15)20-19(21(27)16-4-6-17(24)7-5-16)22(28)23(29)26(20)10-2-9-25-11-13-30-14-12-25/h3-8,20,27H,2,9-14H2,1H3. The second-order valence-electron chi connectivity index (χ2n) is 7.89. The Kier molecular flexibility index (Phi) is 6.46. The number of rotatable bonds is 6. The zero-order chi connectivity index (χ0) is 22.0. The number of ketones is 1. The van der Waals surface area contributed by atoms with E-state index < -0.39 is 23.5 Å². The van der Waals surface area contributed by atoms with Gasteiger partial charge in [0, 0.05) is 23.6 Å². The number of morpholine rings is 1. The highest BCUT2D eigenvalue weighted by molar-refractivity contribution is 6.46. The summed E-state index contributed by atoms with van der Waals surface area (Å²) in [5.41, 5.74) is 0.244. The van der Waals surface area contributed by atoms with Crippen LogP contribution in [-0.2, 0) is 14.3 Å². The van der Waals surface area contributed by atoms with Crippen LogP contribution in [0.5, 0.6) is 0 Å². The minimum absolute atomic E-state index is 0.0691. The van der Waals surface area contributed by atoms with E-state index in [1.165, 1.54) is 9.80 Å². The summed E-state index contributed by atoms with van der Waals surface area (Å²) in [6.45, 7) is 6.36. The molecule has 3 heterocycles. The molecular formula is C23H25ClN2O5. The Bertz CT molecular complexity index is 992. The number of hydrogen-bond donors (Lipinski definition) is 1. The van der Waals surface area contributed by atoms with Crippen LogP contribution in [0.15, 0.2) is 46.4 Å². The van der Waals surface area contributed by atoms with Crippen molar-refractivity contribution in [1.29, 1.82) is 0 Å². The van der Waals surface area contributed by atoms with Gasteiger partial charge in [0.25, 0.3) is 5.91 Å². The van der Waals surface area contributed by atoms with E-state index in [1.54, 1.807) is 43.3 Å². The molecule has 2 aromatic rings. The van der Waals surface area contributed by atoms with Crippen molar-refractivity contribution in [2.24, 2.45) is 0 Å². The molecule has 1 atom stereocenters. The molecular weight excluding hydrogens is 420 g/mol. The summed E-state index contributed by atoms with van der Waals surface area (Å²) in [5, 5.41) is 13.7. The van der Waals surface area contributed by atoms with Crippen molar-refractivity contribution in [2.75, 3.05) is 39.4 Å². The van der Waals surface area contributed by atoms with Gasteiger partial charge in [-0.2, -0.15) is 0 Å². The predicted octanol–water partition coefficient (Wildman–Crippen LogP) is 0.771. The van der Waals surface area contributed by atoms with E-state index in [1.807, 2.05) is 0 Å². The summed E-state index contributed by atoms with van der Waals surface area (Å²) >= 11 is 5.93. The zero-order valence-electron chi connectivity index (χ0n) is 17.4. The van der Waals surface area contributed by atoms with Gasteiger partial charge in [-0.25, -0.2) is 0 Å². The average molecular weight is 445 g/mol. The SMILES string of the molecule is Cc1ccc(C2C(=C([O-])c3ccc(Cl)cc3)C(=O)C(=O)N2CCC[NH+]2CCOCC2)o1. The summed E-state index contributed by atoms with van der Waals surface area (Å²) < 4.78 is 11.2. The van der Waals surface area contributed by atoms with Gasteiger partial charge in [0.15, 0.2) is 0 Å². The summed E-state index contributed by atoms with van der Waals surface area (Å²) in [6, 6.07) is 8.97. The van der Waals surface area contributed by atoms with Crippen molar-refractivity contribution in [2.45, 2.75) is 19.4 Å². The largest absolute Gasteiger partial charge is 0.872 e. The molecule has 0 radical (unpaired) electrons. The number of furan rings is 1. The number of amides is 1. The Morgan fingerprint density at radius 2 is 1.87 bits per heavy atom. The molecule has 1 unspecified atom stereocenters. The van der Waals surface area contributed by atoms with E-state index in [0.29, 0.717) is 35.1 Å². The number of nitrogens with one attached hydrogen (secondary N) is 1. The normalized spacial score (nSPS) is 21.7. The molecule has 7 nitrogen and oxygen atoms in total. The first-order chi connectivity index (χ1) is 15.0. The number of quaternary nitrogens is 1. The molecule has 1 amide bonds. The third-order valence-corrected chi connectivity index (χ3v) is 6.05. The van der Waals surface area contributed by atoms with Crippen molar-refractivity contribution < 1.29 is 28.7 Å². The van der Waals surface area contributed by atoms with Crippen LogP contribution in [0.3, 0.4) is 0 Å². The third-order valence-electron chi connectivity index (χ3n) is 5.80. The Balaban J connectivity index is 1.64. The molecule has 1 N–H and O–H groups in total. The van der Waals surface area contributed by atoms with Gasteiger partial charge >= 0.3 is 0 Å². The highest BCUT2D eigenvalue weighted by atomic mass is 35.5. The molecule has 2 saturated heterocycles. The van der Waals surface area contributed by atoms with Gasteiger partial charge in [-0.1, -0.05) is 29.5 Å². The Hall–Kier alpha value is -2.61. The molecule has 4 rings (SSSR count). The minimum Gasteiger partial charge on any atom is -0.872 e. The molecule has 0 bridgehead atoms. The van der Waals surface area contributed by atoms with Crippen molar-refractivity contribution in [1.82, 2.24) is 4.90 Å². The molecule has 2 aliphatic heterocycles. The smallest absolute Gasteiger partial charge is 0.295 e. The summed E-state index contributed by atoms with van der Waals surface area (Å²) in [5.74, 6) is -0.827. The number of aryl methyl sites for hydroxylation is 1. The van der Waals surface area contributed by atoms with Crippen LogP contribution in [0.1, 0.15) is 29.5 Å². The number of carbonyl (C=O) groups excluding carboxylic acids is 2. The van der Waals surface area contributed by atoms with Gasteiger partial charge < -0.3 is 24.1 Å². The van der Waals surface area contributed by atoms with Crippen LogP contribution in [0.25, 0.3) is 5.76 Å². The van der Waals surface area contributed by atoms with Crippen LogP contribution >= 0.6 is 11.6 Å². The highest BCUT2D eigenvalue weighted by Gasteiger charge is 2.45. The molecule has 1 aromatic carbocycles. The quantitative estimate of drug-likeness (QED) is 0.404. The maximum Gasteiger partial charge on any atom is 0.295 e. The number of nitrogens with zero attached hydrogens (tertiary/aromatic N) is 1. The molecule has 2 fully saturated rings. The van der Waals surface area contributed by atoms with Gasteiger partial charge in [-0.05, 0) is 36.8 Å². The molecule has 0 saturated carbocycles. The fraction of sp³-hybridized carbons (Fsp3) is 0.391. The lowest BCUT2D eigenvalue weighted by atomic mass is 9.99. The molecule has 1 aromatic heterocycles. The van der Waals surface area contributed by atoms with E-state index >= 15 is 0 Å². The molecule has 0 aliphatic carbocycles. The lowest BCUT2D eigenvalue weighted by Gasteiger charge is -2.27. The topological polar surface area (TPSA) is 87.2 Å². The number of hydrogen-bond acceptors (Lipinski definition) is 5. The number of ether oxygens (including phenoxy) is 1. The second kappa shape index (κ2) is 9.26. The van der Waals surface area contributed by atoms with Gasteiger partial charge in [0.2, 0.25) is 5.78 Å². The molecule has 164 valence electrons. The summed E-state index contributed by atoms with van der Waals surface area (Å²) in [7, 11) is 0. The van der Waals surface area contributed by atoms with Crippen molar-refractivity contribution in [3.05, 3.63) is 64.1 Å². The monoisotopic (exact) mass is 444 g/mol. The van der Waals surface area contributed by atoms with Crippen molar-refractivity contribution in [3.8, 4) is 0 Å². The maximum absolute atomic E-state index is 13.2. The number of likely N-dealkylation sites (tertiary alicyclic amines) is 1. The number of Topliss-reactive ketones (excluding diaryl/α,β-unsaturated/α-hetero) is 1. The van der Waals surface area contributed by atoms with Crippen LogP contribution in [0.2, 0.25) is 5.02 Å². The second-order valence-corrected chi connectivity index (χ2v) is 8.33. The number of carbonyl (C=O) groups is 2. The van der Waals surface area contributed by atoms with Gasteiger partial charge in [0.05, 0.1) is 19.8 Å². The van der Waals surface area contributed by atoms with E-state index in [2.05, 4.69) is 0 Å². The fourth-order valence-electron chi connectivity index (χ4n) is 4.16. The Morgan fingerprint density at radius 1 is 1.16 bits per heavy atom. The molecule has 0 spiro atoms. The summed E-state index contributed by atoms with van der Waals surface area (Å²) in [4.78, 5) is 28.7. The molecule has 2 aliphatic rings. The predicted molar refractivity (Wildman–Crippen MR) is 112 cm³/mol. The van der Waals surface area contributed by atoms with Gasteiger partial charge in [-0.15, -0.1) is 0 Å². The van der Waals surface area contributed by atoms with Crippen molar-refractivity contribution >= 4 is 29.1 Å². The van der Waals surface area contributed by atoms with Crippen LogP contribution in [0.4, 0.5) is 0 Å². The maximum atomic E-state index is 13.2. The first-order valence-electron chi connectivity index (χ1n) is 10.5. The first-order valence-corrected chi connectivity index (χ1v) is 10.8. The van der Waals surface area contributed by atoms with E-state index in [0.717, 1.165) is 32.8 Å². The van der Waals surface area contributed by atoms with Gasteiger partial charge in [-0.3, -0.25) is 9.59 Å². The number of halogens is 1. The lowest BCUT2D eigenvalue weighted by molar-refractivity contribution is -0.908. The Labute approximate surface area is 185 Å². The third kappa shape index (κ3) is 4.54. The minimum atomic E-state index is -0.823. The molecule has 8 heteroatoms. The average Bonchev–Trinajstić information content (AvgIpc) is 3.30. The van der Waals surface area contributed by atoms with E-state index in [9.17, 15) is 14.7 Å². The highest BCUT2D eigenvalue weighted by Crippen LogP contribution is 2.39. The summed E-state index contributed by atoms with van der Waals surface area (Å²) in [6.07, 6.45) is 0.715. The van der Waals surface area contributed by atoms with E-state index in [4.69, 9.17) is 20.8 Å². The lowest BCUT2D eigenvalue weighted by Crippen LogP contribution is -3.14. The van der Waals surface area contributed by atoms with Crippen LogP contribution in [0, 0.1) is 6.92 Å². The van der Waals surface area contributed by atoms with E-state index in [-0.39, 0.29) is 5.57 Å². The van der Waals surface area contributed by atoms with Crippen molar-refractivity contribution in [3.63, 3.8) is 0 Å². The molecule has 31 heavy (non-hydrogen) atoms. The van der Waals surface area contributed by atoms with Gasteiger partial charge in [0.1, 0.15) is 30.7 Å². The van der Waals surface area contributed by atoms with Crippen LogP contribution in [-0.4, -0.2) is 56.0 Å². The number of benzene rings is 1. The Morgan fingerprint density at radius 3 is 2.52 bits per heavy atom. The van der Waals surface area contributed by atoms with Crippen LogP contribution < -0.4 is 10.0 Å². The first kappa shape index (κ1) is 21.6. The fourth-order valence-corrected chi connectivity index (χ4v) is 4.29. The zero-order valence-corrected chi connectivity index (χ0v) is 18.1.